The van der Waals surface area contributed by atoms with Crippen LogP contribution in [0.15, 0.2) is 12.2 Å². The van der Waals surface area contributed by atoms with Gasteiger partial charge in [0.05, 0.1) is 18.3 Å². The number of hydrogen-bond acceptors (Lipinski definition) is 8. The lowest BCUT2D eigenvalue weighted by Crippen LogP contribution is -2.59. The third-order valence-electron chi connectivity index (χ3n) is 5.83. The molecule has 8 atom stereocenters. The van der Waals surface area contributed by atoms with Crippen LogP contribution in [0, 0.1) is 11.3 Å². The van der Waals surface area contributed by atoms with Gasteiger partial charge in [-0.1, -0.05) is 32.9 Å². The first-order chi connectivity index (χ1) is 12.4. The van der Waals surface area contributed by atoms with Crippen molar-refractivity contribution in [3.8, 4) is 0 Å². The molecule has 5 N–H and O–H groups in total. The molecule has 8 heteroatoms. The SMILES string of the molecule is CC(/C=C/C1(O)C(C)CC(=O)CC1(C)C)O[C@@H]1O[C@H](CO)[C@@H](O)[C@H](O)[C@H]1O. The molecule has 1 aliphatic carbocycles. The van der Waals surface area contributed by atoms with Gasteiger partial charge in [-0.25, -0.2) is 0 Å². The Labute approximate surface area is 159 Å². The zero-order chi connectivity index (χ0) is 20.6. The summed E-state index contributed by atoms with van der Waals surface area (Å²) in [4.78, 5) is 11.9. The van der Waals surface area contributed by atoms with Crippen molar-refractivity contribution in [2.24, 2.45) is 11.3 Å². The molecule has 0 aromatic heterocycles. The van der Waals surface area contributed by atoms with Crippen molar-refractivity contribution < 1.29 is 39.8 Å². The van der Waals surface area contributed by atoms with E-state index in [-0.39, 0.29) is 18.1 Å². The Morgan fingerprint density at radius 1 is 1.26 bits per heavy atom. The third-order valence-corrected chi connectivity index (χ3v) is 5.83. The average molecular weight is 388 g/mol. The van der Waals surface area contributed by atoms with Gasteiger partial charge in [-0.2, -0.15) is 0 Å². The van der Waals surface area contributed by atoms with Gasteiger partial charge in [0.25, 0.3) is 0 Å². The molecule has 0 bridgehead atoms. The molecule has 0 aromatic carbocycles. The second kappa shape index (κ2) is 8.24. The molecular formula is C19H32O8. The van der Waals surface area contributed by atoms with Crippen molar-refractivity contribution >= 4 is 5.78 Å². The zero-order valence-corrected chi connectivity index (χ0v) is 16.3. The second-order valence-electron chi connectivity index (χ2n) is 8.43. The molecule has 1 aliphatic heterocycles. The minimum Gasteiger partial charge on any atom is -0.394 e. The van der Waals surface area contributed by atoms with E-state index in [1.807, 2.05) is 20.8 Å². The van der Waals surface area contributed by atoms with Gasteiger partial charge in [0.1, 0.15) is 30.2 Å². The van der Waals surface area contributed by atoms with Crippen LogP contribution in [0.4, 0.5) is 0 Å². The number of ether oxygens (including phenoxy) is 2. The average Bonchev–Trinajstić information content (AvgIpc) is 2.58. The molecule has 8 nitrogen and oxygen atoms in total. The van der Waals surface area contributed by atoms with E-state index in [1.54, 1.807) is 19.1 Å². The van der Waals surface area contributed by atoms with E-state index in [4.69, 9.17) is 9.47 Å². The monoisotopic (exact) mass is 388 g/mol. The molecule has 0 aromatic rings. The molecule has 1 heterocycles. The first kappa shape index (κ1) is 22.4. The van der Waals surface area contributed by atoms with E-state index in [0.717, 1.165) is 0 Å². The molecule has 27 heavy (non-hydrogen) atoms. The van der Waals surface area contributed by atoms with Crippen LogP contribution in [0.2, 0.25) is 0 Å². The summed E-state index contributed by atoms with van der Waals surface area (Å²) in [6.45, 7) is 6.65. The number of ketones is 1. The van der Waals surface area contributed by atoms with Crippen molar-refractivity contribution in [3.05, 3.63) is 12.2 Å². The highest BCUT2D eigenvalue weighted by Crippen LogP contribution is 2.46. The number of carbonyl (C=O) groups excluding carboxylic acids is 1. The van der Waals surface area contributed by atoms with Gasteiger partial charge in [0.2, 0.25) is 0 Å². The molecule has 0 radical (unpaired) electrons. The van der Waals surface area contributed by atoms with Crippen molar-refractivity contribution in [2.75, 3.05) is 6.61 Å². The fourth-order valence-electron chi connectivity index (χ4n) is 3.98. The Morgan fingerprint density at radius 2 is 1.89 bits per heavy atom. The van der Waals surface area contributed by atoms with E-state index in [2.05, 4.69) is 0 Å². The summed E-state index contributed by atoms with van der Waals surface area (Å²) < 4.78 is 10.9. The standard InChI is InChI=1S/C19H32O8/c1-10-7-12(21)8-18(3,4)19(10,25)6-5-11(2)26-17-16(24)15(23)14(22)13(9-20)27-17/h5-6,10-11,13-17,20,22-25H,7-9H2,1-4H3/b6-5+/t10?,11?,13-,14-,15+,16-,17-,19?/m1/s1. The van der Waals surface area contributed by atoms with Gasteiger partial charge in [-0.05, 0) is 12.8 Å². The maximum absolute atomic E-state index is 11.9. The fraction of sp³-hybridized carbons (Fsp3) is 0.842. The zero-order valence-electron chi connectivity index (χ0n) is 16.3. The van der Waals surface area contributed by atoms with E-state index < -0.39 is 54.4 Å². The first-order valence-corrected chi connectivity index (χ1v) is 9.32. The first-order valence-electron chi connectivity index (χ1n) is 9.32. The second-order valence-corrected chi connectivity index (χ2v) is 8.43. The maximum Gasteiger partial charge on any atom is 0.187 e. The summed E-state index contributed by atoms with van der Waals surface area (Å²) in [5, 5.41) is 50.1. The Hall–Kier alpha value is -0.870. The minimum atomic E-state index is -1.51. The lowest BCUT2D eigenvalue weighted by molar-refractivity contribution is -0.306. The van der Waals surface area contributed by atoms with E-state index >= 15 is 0 Å². The molecule has 2 fully saturated rings. The highest BCUT2D eigenvalue weighted by Gasteiger charge is 2.50. The number of carbonyl (C=O) groups is 1. The van der Waals surface area contributed by atoms with Gasteiger partial charge in [-0.3, -0.25) is 4.79 Å². The van der Waals surface area contributed by atoms with Gasteiger partial charge >= 0.3 is 0 Å². The predicted molar refractivity (Wildman–Crippen MR) is 95.6 cm³/mol. The Kier molecular flexibility index (Phi) is 6.85. The van der Waals surface area contributed by atoms with Crippen LogP contribution < -0.4 is 0 Å². The summed E-state index contributed by atoms with van der Waals surface area (Å²) >= 11 is 0. The molecular weight excluding hydrogens is 356 g/mol. The smallest absolute Gasteiger partial charge is 0.187 e. The van der Waals surface area contributed by atoms with Crippen LogP contribution in [0.1, 0.15) is 40.5 Å². The third kappa shape index (κ3) is 4.42. The maximum atomic E-state index is 11.9. The Bertz CT molecular complexity index is 560. The summed E-state index contributed by atoms with van der Waals surface area (Å²) in [6.07, 6.45) is -3.51. The molecule has 156 valence electrons. The minimum absolute atomic E-state index is 0.121. The van der Waals surface area contributed by atoms with Gasteiger partial charge in [0, 0.05) is 18.3 Å². The summed E-state index contributed by atoms with van der Waals surface area (Å²) in [7, 11) is 0. The van der Waals surface area contributed by atoms with Crippen LogP contribution in [0.5, 0.6) is 0 Å². The van der Waals surface area contributed by atoms with Gasteiger partial charge < -0.3 is 35.0 Å². The Balaban J connectivity index is 2.08. The molecule has 2 rings (SSSR count). The topological polar surface area (TPSA) is 137 Å². The lowest BCUT2D eigenvalue weighted by atomic mass is 9.60. The van der Waals surface area contributed by atoms with Crippen LogP contribution in [-0.2, 0) is 14.3 Å². The highest BCUT2D eigenvalue weighted by atomic mass is 16.7. The van der Waals surface area contributed by atoms with E-state index in [1.165, 1.54) is 0 Å². The van der Waals surface area contributed by atoms with Crippen LogP contribution in [-0.4, -0.2) is 80.3 Å². The lowest BCUT2D eigenvalue weighted by Gasteiger charge is -2.48. The molecule has 1 saturated carbocycles. The number of aliphatic hydroxyl groups excluding tert-OH is 4. The quantitative estimate of drug-likeness (QED) is 0.398. The summed E-state index contributed by atoms with van der Waals surface area (Å²) in [6, 6.07) is 0. The number of aliphatic hydroxyl groups is 5. The van der Waals surface area contributed by atoms with Gasteiger partial charge in [0.15, 0.2) is 6.29 Å². The van der Waals surface area contributed by atoms with E-state index in [9.17, 15) is 30.3 Å². The number of rotatable bonds is 5. The van der Waals surface area contributed by atoms with Crippen molar-refractivity contribution in [2.45, 2.75) is 82.9 Å². The summed E-state index contributed by atoms with van der Waals surface area (Å²) in [5.74, 6) is -0.138. The molecule has 1 saturated heterocycles. The molecule has 3 unspecified atom stereocenters. The predicted octanol–water partition coefficient (Wildman–Crippen LogP) is -0.496. The van der Waals surface area contributed by atoms with Gasteiger partial charge in [-0.15, -0.1) is 0 Å². The van der Waals surface area contributed by atoms with Crippen molar-refractivity contribution in [1.29, 1.82) is 0 Å². The van der Waals surface area contributed by atoms with Crippen molar-refractivity contribution in [1.82, 2.24) is 0 Å². The molecule has 0 spiro atoms. The van der Waals surface area contributed by atoms with Crippen LogP contribution in [0.3, 0.4) is 0 Å². The largest absolute Gasteiger partial charge is 0.394 e. The summed E-state index contributed by atoms with van der Waals surface area (Å²) in [5.41, 5.74) is -1.84. The van der Waals surface area contributed by atoms with Crippen LogP contribution >= 0.6 is 0 Å². The van der Waals surface area contributed by atoms with E-state index in [0.29, 0.717) is 6.42 Å². The highest BCUT2D eigenvalue weighted by molar-refractivity contribution is 5.81. The number of Topliss-reactive ketones (excluding diaryl/α,β-unsaturated/α-hetero) is 1. The van der Waals surface area contributed by atoms with Crippen LogP contribution in [0.25, 0.3) is 0 Å². The van der Waals surface area contributed by atoms with Crippen molar-refractivity contribution in [3.63, 3.8) is 0 Å². The number of hydrogen-bond donors (Lipinski definition) is 5. The Morgan fingerprint density at radius 3 is 2.44 bits per heavy atom. The molecule has 0 amide bonds. The fourth-order valence-corrected chi connectivity index (χ4v) is 3.98. The molecule has 2 aliphatic rings. The normalized spacial score (nSPS) is 43.8.